The lowest BCUT2D eigenvalue weighted by atomic mass is 10.1. The number of hydrogen-bond acceptors (Lipinski definition) is 5. The second kappa shape index (κ2) is 6.09. The first-order valence-corrected chi connectivity index (χ1v) is 6.36. The Labute approximate surface area is 93.8 Å². The van der Waals surface area contributed by atoms with Gasteiger partial charge in [-0.05, 0) is 19.4 Å². The highest BCUT2D eigenvalue weighted by Gasteiger charge is 2.11. The van der Waals surface area contributed by atoms with Gasteiger partial charge in [0.25, 0.3) is 0 Å². The number of nitrogens with one attached hydrogen (secondary N) is 3. The number of aromatic amines is 1. The Hall–Kier alpha value is -0.590. The summed E-state index contributed by atoms with van der Waals surface area (Å²) in [6, 6.07) is 0.650. The predicted octanol–water partition coefficient (Wildman–Crippen LogP) is 0.238. The molecule has 0 amide bonds. The predicted molar refractivity (Wildman–Crippen MR) is 61.0 cm³/mol. The van der Waals surface area contributed by atoms with Crippen LogP contribution in [0, 0.1) is 0 Å². The summed E-state index contributed by atoms with van der Waals surface area (Å²) in [5, 5.41) is 18.3. The molecular formula is C9H17N5S. The molecule has 5 nitrogen and oxygen atoms in total. The average Bonchev–Trinajstić information content (AvgIpc) is 2.79. The van der Waals surface area contributed by atoms with E-state index < -0.39 is 0 Å². The van der Waals surface area contributed by atoms with Gasteiger partial charge in [-0.15, -0.1) is 16.9 Å². The van der Waals surface area contributed by atoms with Gasteiger partial charge in [-0.1, -0.05) is 0 Å². The van der Waals surface area contributed by atoms with Crippen LogP contribution in [0.5, 0.6) is 0 Å². The van der Waals surface area contributed by atoms with Crippen LogP contribution in [0.25, 0.3) is 0 Å². The van der Waals surface area contributed by atoms with E-state index >= 15 is 0 Å². The molecule has 2 rings (SSSR count). The van der Waals surface area contributed by atoms with Crippen LogP contribution in [-0.4, -0.2) is 46.8 Å². The number of rotatable bonds is 5. The molecule has 1 aliphatic rings. The molecule has 6 heteroatoms. The zero-order valence-corrected chi connectivity index (χ0v) is 9.52. The molecule has 1 atom stereocenters. The fourth-order valence-corrected chi connectivity index (χ4v) is 2.37. The normalized spacial score (nSPS) is 21.7. The minimum atomic E-state index is 0.650. The fraction of sp³-hybridized carbons (Fsp3) is 0.778. The van der Waals surface area contributed by atoms with Crippen molar-refractivity contribution in [2.45, 2.75) is 23.9 Å². The van der Waals surface area contributed by atoms with Crippen molar-refractivity contribution in [3.05, 3.63) is 6.20 Å². The molecule has 1 aromatic rings. The van der Waals surface area contributed by atoms with E-state index in [0.29, 0.717) is 6.04 Å². The van der Waals surface area contributed by atoms with Crippen molar-refractivity contribution < 1.29 is 0 Å². The Morgan fingerprint density at radius 1 is 1.60 bits per heavy atom. The van der Waals surface area contributed by atoms with Crippen molar-refractivity contribution >= 4 is 11.8 Å². The van der Waals surface area contributed by atoms with Gasteiger partial charge in [0.2, 0.25) is 0 Å². The Kier molecular flexibility index (Phi) is 4.43. The maximum atomic E-state index is 3.99. The SMILES string of the molecule is c1n[nH]nc1SCCNC1CCCNC1. The summed E-state index contributed by atoms with van der Waals surface area (Å²) >= 11 is 1.73. The molecule has 1 fully saturated rings. The monoisotopic (exact) mass is 227 g/mol. The van der Waals surface area contributed by atoms with Crippen molar-refractivity contribution in [3.63, 3.8) is 0 Å². The molecule has 0 aromatic carbocycles. The number of thioether (sulfide) groups is 1. The largest absolute Gasteiger partial charge is 0.315 e. The highest BCUT2D eigenvalue weighted by molar-refractivity contribution is 7.99. The molecule has 0 bridgehead atoms. The minimum absolute atomic E-state index is 0.650. The molecule has 1 aromatic heterocycles. The summed E-state index contributed by atoms with van der Waals surface area (Å²) in [7, 11) is 0. The Bertz CT molecular complexity index is 257. The van der Waals surface area contributed by atoms with Gasteiger partial charge < -0.3 is 10.6 Å². The van der Waals surface area contributed by atoms with E-state index in [2.05, 4.69) is 26.0 Å². The topological polar surface area (TPSA) is 65.6 Å². The summed E-state index contributed by atoms with van der Waals surface area (Å²) in [6.45, 7) is 3.31. The van der Waals surface area contributed by atoms with Gasteiger partial charge in [0.1, 0.15) is 5.03 Å². The van der Waals surface area contributed by atoms with Crippen LogP contribution < -0.4 is 10.6 Å². The van der Waals surface area contributed by atoms with E-state index in [9.17, 15) is 0 Å². The number of hydrogen-bond donors (Lipinski definition) is 3. The molecule has 2 heterocycles. The summed E-state index contributed by atoms with van der Waals surface area (Å²) in [6.07, 6.45) is 4.34. The minimum Gasteiger partial charge on any atom is -0.315 e. The van der Waals surface area contributed by atoms with Gasteiger partial charge in [0, 0.05) is 24.9 Å². The molecule has 0 spiro atoms. The molecule has 1 saturated heterocycles. The van der Waals surface area contributed by atoms with Gasteiger partial charge >= 0.3 is 0 Å². The first kappa shape index (κ1) is 10.9. The number of piperidine rings is 1. The van der Waals surface area contributed by atoms with Crippen molar-refractivity contribution in [1.29, 1.82) is 0 Å². The second-order valence-corrected chi connectivity index (χ2v) is 4.77. The first-order chi connectivity index (χ1) is 7.45. The summed E-state index contributed by atoms with van der Waals surface area (Å²) in [5.74, 6) is 1.04. The lowest BCUT2D eigenvalue weighted by Gasteiger charge is -2.23. The molecular weight excluding hydrogens is 210 g/mol. The lowest BCUT2D eigenvalue weighted by molar-refractivity contribution is 0.398. The van der Waals surface area contributed by atoms with Crippen LogP contribution in [0.3, 0.4) is 0 Å². The van der Waals surface area contributed by atoms with Crippen LogP contribution in [0.4, 0.5) is 0 Å². The maximum Gasteiger partial charge on any atom is 0.138 e. The Morgan fingerprint density at radius 3 is 3.33 bits per heavy atom. The van der Waals surface area contributed by atoms with Crippen molar-refractivity contribution in [2.75, 3.05) is 25.4 Å². The van der Waals surface area contributed by atoms with Gasteiger partial charge in [-0.3, -0.25) is 0 Å². The van der Waals surface area contributed by atoms with Gasteiger partial charge in [-0.25, -0.2) is 0 Å². The third kappa shape index (κ3) is 3.81. The zero-order chi connectivity index (χ0) is 10.3. The average molecular weight is 227 g/mol. The standard InChI is InChI=1S/C9H17N5S/c1-2-8(6-10-3-1)11-4-5-15-9-7-12-14-13-9/h7-8,10-11H,1-6H2,(H,12,13,14). The van der Waals surface area contributed by atoms with Crippen molar-refractivity contribution in [2.24, 2.45) is 0 Å². The van der Waals surface area contributed by atoms with Crippen molar-refractivity contribution in [3.8, 4) is 0 Å². The molecule has 0 aliphatic carbocycles. The highest BCUT2D eigenvalue weighted by Crippen LogP contribution is 2.11. The number of H-pyrrole nitrogens is 1. The highest BCUT2D eigenvalue weighted by atomic mass is 32.2. The molecule has 0 radical (unpaired) electrons. The summed E-state index contributed by atoms with van der Waals surface area (Å²) in [4.78, 5) is 0. The van der Waals surface area contributed by atoms with Gasteiger partial charge in [0.05, 0.1) is 6.20 Å². The van der Waals surface area contributed by atoms with Crippen molar-refractivity contribution in [1.82, 2.24) is 26.0 Å². The molecule has 0 saturated carbocycles. The zero-order valence-electron chi connectivity index (χ0n) is 8.70. The third-order valence-corrected chi connectivity index (χ3v) is 3.38. The number of aromatic nitrogens is 3. The van der Waals surface area contributed by atoms with Crippen LogP contribution in [0.2, 0.25) is 0 Å². The Morgan fingerprint density at radius 2 is 2.60 bits per heavy atom. The van der Waals surface area contributed by atoms with Crippen LogP contribution in [0.15, 0.2) is 11.2 Å². The van der Waals surface area contributed by atoms with E-state index in [-0.39, 0.29) is 0 Å². The van der Waals surface area contributed by atoms with E-state index in [0.717, 1.165) is 23.9 Å². The smallest absolute Gasteiger partial charge is 0.138 e. The van der Waals surface area contributed by atoms with Crippen LogP contribution in [-0.2, 0) is 0 Å². The third-order valence-electron chi connectivity index (χ3n) is 2.47. The summed E-state index contributed by atoms with van der Waals surface area (Å²) < 4.78 is 0. The molecule has 15 heavy (non-hydrogen) atoms. The summed E-state index contributed by atoms with van der Waals surface area (Å²) in [5.41, 5.74) is 0. The van der Waals surface area contributed by atoms with E-state index in [1.807, 2.05) is 0 Å². The molecule has 3 N–H and O–H groups in total. The second-order valence-electron chi connectivity index (χ2n) is 3.65. The van der Waals surface area contributed by atoms with E-state index in [1.165, 1.54) is 19.4 Å². The van der Waals surface area contributed by atoms with Gasteiger partial charge in [-0.2, -0.15) is 10.3 Å². The van der Waals surface area contributed by atoms with E-state index in [4.69, 9.17) is 0 Å². The van der Waals surface area contributed by atoms with Crippen LogP contribution in [0.1, 0.15) is 12.8 Å². The lowest BCUT2D eigenvalue weighted by Crippen LogP contribution is -2.43. The Balaban J connectivity index is 1.54. The molecule has 1 aliphatic heterocycles. The maximum absolute atomic E-state index is 3.99. The first-order valence-electron chi connectivity index (χ1n) is 5.38. The van der Waals surface area contributed by atoms with E-state index in [1.54, 1.807) is 18.0 Å². The molecule has 84 valence electrons. The van der Waals surface area contributed by atoms with Crippen LogP contribution >= 0.6 is 11.8 Å². The van der Waals surface area contributed by atoms with Gasteiger partial charge in [0.15, 0.2) is 0 Å². The molecule has 1 unspecified atom stereocenters. The number of nitrogens with zero attached hydrogens (tertiary/aromatic N) is 2. The quantitative estimate of drug-likeness (QED) is 0.497. The fourth-order valence-electron chi connectivity index (χ4n) is 1.71.